The minimum Gasteiger partial charge on any atom is -0.480 e. The number of carboxylic acid groups (broad SMARTS) is 1. The fraction of sp³-hybridized carbons (Fsp3) is 0.467. The minimum atomic E-state index is -4.54. The normalized spacial score (nSPS) is 12.7. The molecule has 8 heteroatoms. The third-order valence-corrected chi connectivity index (χ3v) is 4.26. The Kier molecular flexibility index (Phi) is 6.94. The van der Waals surface area contributed by atoms with Crippen LogP contribution >= 0.6 is 7.60 Å². The van der Waals surface area contributed by atoms with Gasteiger partial charge >= 0.3 is 13.6 Å². The summed E-state index contributed by atoms with van der Waals surface area (Å²) in [5.41, 5.74) is 1.79. The van der Waals surface area contributed by atoms with Crippen LogP contribution in [0, 0.1) is 0 Å². The summed E-state index contributed by atoms with van der Waals surface area (Å²) in [5.74, 6) is -2.06. The molecule has 0 aliphatic heterocycles. The number of aryl methyl sites for hydroxylation is 1. The van der Waals surface area contributed by atoms with Gasteiger partial charge in [-0.15, -0.1) is 0 Å². The monoisotopic (exact) mass is 343 g/mol. The first-order chi connectivity index (χ1) is 10.7. The van der Waals surface area contributed by atoms with Gasteiger partial charge in [-0.1, -0.05) is 31.2 Å². The van der Waals surface area contributed by atoms with Crippen LogP contribution in [0.25, 0.3) is 0 Å². The molecule has 7 nitrogen and oxygen atoms in total. The average Bonchev–Trinajstić information content (AvgIpc) is 2.45. The van der Waals surface area contributed by atoms with Crippen molar-refractivity contribution in [2.24, 2.45) is 0 Å². The van der Waals surface area contributed by atoms with Gasteiger partial charge in [-0.3, -0.25) is 9.36 Å². The Morgan fingerprint density at radius 1 is 1.17 bits per heavy atom. The Hall–Kier alpha value is -1.69. The first kappa shape index (κ1) is 19.4. The van der Waals surface area contributed by atoms with E-state index >= 15 is 0 Å². The van der Waals surface area contributed by atoms with Crippen molar-refractivity contribution in [3.8, 4) is 0 Å². The molecular formula is C15H22NO6P. The van der Waals surface area contributed by atoms with E-state index in [9.17, 15) is 19.3 Å². The number of rotatable bonds is 8. The van der Waals surface area contributed by atoms with Gasteiger partial charge in [0.05, 0.1) is 0 Å². The molecule has 0 aliphatic carbocycles. The lowest BCUT2D eigenvalue weighted by atomic mass is 9.98. The molecule has 3 N–H and O–H groups in total. The molecule has 0 bridgehead atoms. The summed E-state index contributed by atoms with van der Waals surface area (Å²) in [6, 6.07) is 6.18. The molecule has 1 rings (SSSR count). The third kappa shape index (κ3) is 5.78. The van der Waals surface area contributed by atoms with E-state index in [0.29, 0.717) is 0 Å². The van der Waals surface area contributed by atoms with E-state index in [1.54, 1.807) is 19.1 Å². The molecule has 0 radical (unpaired) electrons. The van der Waals surface area contributed by atoms with Crippen molar-refractivity contribution in [1.29, 1.82) is 0 Å². The number of hydrogen-bond donors (Lipinski definition) is 3. The molecule has 0 saturated heterocycles. The van der Waals surface area contributed by atoms with Crippen molar-refractivity contribution in [3.05, 3.63) is 35.4 Å². The molecule has 1 amide bonds. The van der Waals surface area contributed by atoms with E-state index in [4.69, 9.17) is 9.79 Å². The molecule has 1 aromatic rings. The Bertz CT molecular complexity index is 612. The fourth-order valence-electron chi connectivity index (χ4n) is 2.48. The summed E-state index contributed by atoms with van der Waals surface area (Å²) < 4.78 is 11.0. The fourth-order valence-corrected chi connectivity index (χ4v) is 3.01. The number of amides is 1. The van der Waals surface area contributed by atoms with Crippen LogP contribution in [-0.4, -0.2) is 50.4 Å². The van der Waals surface area contributed by atoms with Gasteiger partial charge in [-0.25, -0.2) is 4.79 Å². The van der Waals surface area contributed by atoms with Gasteiger partial charge in [0.1, 0.15) is 12.2 Å². The maximum Gasteiger partial charge on any atom is 0.334 e. The standard InChI is InChI=1S/C15H22NO6P/c1-3-11-7-5-6-8-12(11)9-13(15(18)19)16(4-2)14(17)10-23(20,21)22/h5-8,13H,3-4,9-10H2,1-2H3,(H,18,19)(H2,20,21,22). The minimum absolute atomic E-state index is 0.0596. The Balaban J connectivity index is 3.06. The predicted molar refractivity (Wildman–Crippen MR) is 85.2 cm³/mol. The van der Waals surface area contributed by atoms with Crippen molar-refractivity contribution in [3.63, 3.8) is 0 Å². The molecule has 0 fully saturated rings. The van der Waals surface area contributed by atoms with Crippen LogP contribution in [0.4, 0.5) is 0 Å². The zero-order valence-electron chi connectivity index (χ0n) is 13.2. The molecule has 1 atom stereocenters. The molecule has 1 unspecified atom stereocenters. The van der Waals surface area contributed by atoms with Gasteiger partial charge in [-0.05, 0) is 24.5 Å². The molecule has 0 aromatic heterocycles. The van der Waals surface area contributed by atoms with Crippen LogP contribution in [0.3, 0.4) is 0 Å². The Morgan fingerprint density at radius 2 is 1.74 bits per heavy atom. The molecule has 23 heavy (non-hydrogen) atoms. The summed E-state index contributed by atoms with van der Waals surface area (Å²) >= 11 is 0. The topological polar surface area (TPSA) is 115 Å². The summed E-state index contributed by atoms with van der Waals surface area (Å²) in [6.45, 7) is 3.59. The number of carbonyl (C=O) groups excluding carboxylic acids is 1. The highest BCUT2D eigenvalue weighted by atomic mass is 31.2. The molecule has 0 aliphatic rings. The van der Waals surface area contributed by atoms with E-state index in [1.165, 1.54) is 0 Å². The maximum absolute atomic E-state index is 12.1. The van der Waals surface area contributed by atoms with Gasteiger partial charge in [0, 0.05) is 13.0 Å². The Labute approximate surface area is 135 Å². The van der Waals surface area contributed by atoms with Crippen LogP contribution in [0.1, 0.15) is 25.0 Å². The van der Waals surface area contributed by atoms with E-state index < -0.39 is 31.7 Å². The molecule has 128 valence electrons. The number of carboxylic acids is 1. The SMILES string of the molecule is CCc1ccccc1CC(C(=O)O)N(CC)C(=O)CP(=O)(O)O. The van der Waals surface area contributed by atoms with Crippen LogP contribution in [-0.2, 0) is 27.0 Å². The molecule has 0 spiro atoms. The van der Waals surface area contributed by atoms with E-state index in [1.807, 2.05) is 19.1 Å². The van der Waals surface area contributed by atoms with Crippen LogP contribution in [0.5, 0.6) is 0 Å². The van der Waals surface area contributed by atoms with Crippen molar-refractivity contribution < 1.29 is 29.0 Å². The highest BCUT2D eigenvalue weighted by molar-refractivity contribution is 7.52. The number of aliphatic carboxylic acids is 1. The third-order valence-electron chi connectivity index (χ3n) is 3.58. The van der Waals surface area contributed by atoms with E-state index in [2.05, 4.69) is 0 Å². The molecule has 1 aromatic carbocycles. The lowest BCUT2D eigenvalue weighted by Gasteiger charge is -2.28. The number of nitrogens with zero attached hydrogens (tertiary/aromatic N) is 1. The largest absolute Gasteiger partial charge is 0.480 e. The number of likely N-dealkylation sites (N-methyl/N-ethyl adjacent to an activating group) is 1. The first-order valence-electron chi connectivity index (χ1n) is 7.33. The van der Waals surface area contributed by atoms with Crippen LogP contribution in [0.15, 0.2) is 24.3 Å². The van der Waals surface area contributed by atoms with Gasteiger partial charge in [0.2, 0.25) is 5.91 Å². The predicted octanol–water partition coefficient (Wildman–Crippen LogP) is 1.27. The van der Waals surface area contributed by atoms with E-state index in [-0.39, 0.29) is 13.0 Å². The van der Waals surface area contributed by atoms with Gasteiger partial charge < -0.3 is 19.8 Å². The van der Waals surface area contributed by atoms with Crippen molar-refractivity contribution in [2.45, 2.75) is 32.7 Å². The lowest BCUT2D eigenvalue weighted by Crippen LogP contribution is -2.47. The van der Waals surface area contributed by atoms with E-state index in [0.717, 1.165) is 22.4 Å². The number of hydrogen-bond acceptors (Lipinski definition) is 3. The Morgan fingerprint density at radius 3 is 2.17 bits per heavy atom. The lowest BCUT2D eigenvalue weighted by molar-refractivity contribution is -0.149. The molecule has 0 saturated carbocycles. The second-order valence-electron chi connectivity index (χ2n) is 5.18. The summed E-state index contributed by atoms with van der Waals surface area (Å²) in [4.78, 5) is 42.5. The second kappa shape index (κ2) is 8.24. The maximum atomic E-state index is 12.1. The first-order valence-corrected chi connectivity index (χ1v) is 9.13. The summed E-state index contributed by atoms with van der Waals surface area (Å²) in [6.07, 6.45) is -0.162. The molecular weight excluding hydrogens is 321 g/mol. The second-order valence-corrected chi connectivity index (χ2v) is 6.83. The zero-order valence-corrected chi connectivity index (χ0v) is 14.1. The highest BCUT2D eigenvalue weighted by Crippen LogP contribution is 2.34. The highest BCUT2D eigenvalue weighted by Gasteiger charge is 2.32. The van der Waals surface area contributed by atoms with Gasteiger partial charge in [0.15, 0.2) is 0 Å². The smallest absolute Gasteiger partial charge is 0.334 e. The van der Waals surface area contributed by atoms with Crippen molar-refractivity contribution in [2.75, 3.05) is 12.7 Å². The number of carbonyl (C=O) groups is 2. The van der Waals surface area contributed by atoms with Crippen LogP contribution < -0.4 is 0 Å². The van der Waals surface area contributed by atoms with Gasteiger partial charge in [0.25, 0.3) is 0 Å². The number of benzene rings is 1. The quantitative estimate of drug-likeness (QED) is 0.612. The van der Waals surface area contributed by atoms with Crippen molar-refractivity contribution in [1.82, 2.24) is 4.90 Å². The summed E-state index contributed by atoms with van der Waals surface area (Å²) in [7, 11) is -4.54. The average molecular weight is 343 g/mol. The van der Waals surface area contributed by atoms with Gasteiger partial charge in [-0.2, -0.15) is 0 Å². The summed E-state index contributed by atoms with van der Waals surface area (Å²) in [5, 5.41) is 9.46. The molecule has 0 heterocycles. The zero-order chi connectivity index (χ0) is 17.6. The van der Waals surface area contributed by atoms with Crippen molar-refractivity contribution >= 4 is 19.5 Å². The van der Waals surface area contributed by atoms with Crippen LogP contribution in [0.2, 0.25) is 0 Å².